The highest BCUT2D eigenvalue weighted by Crippen LogP contribution is 2.51. The normalized spacial score (nSPS) is 26.6. The van der Waals surface area contributed by atoms with Crippen molar-refractivity contribution < 1.29 is 29.6 Å². The summed E-state index contributed by atoms with van der Waals surface area (Å²) < 4.78 is 7.98. The highest BCUT2D eigenvalue weighted by atomic mass is 16.5. The number of benzene rings is 1. The molecule has 1 aromatic carbocycles. The highest BCUT2D eigenvalue weighted by Gasteiger charge is 2.43. The number of carbonyl (C=O) groups is 2. The van der Waals surface area contributed by atoms with Crippen LogP contribution in [0.1, 0.15) is 60.9 Å². The Morgan fingerprint density at radius 1 is 1.38 bits per heavy atom. The van der Waals surface area contributed by atoms with Gasteiger partial charge in [0.1, 0.15) is 5.75 Å². The molecule has 1 aliphatic carbocycles. The molecule has 1 aromatic heterocycles. The third kappa shape index (κ3) is 2.44. The number of aromatic nitrogens is 1. The van der Waals surface area contributed by atoms with E-state index in [1.165, 1.54) is 0 Å². The minimum absolute atomic E-state index is 0.0620. The number of hydrogen-bond acceptors (Lipinski definition) is 5. The number of rotatable bonds is 3. The second-order valence-corrected chi connectivity index (χ2v) is 8.32. The van der Waals surface area contributed by atoms with Gasteiger partial charge in [-0.05, 0) is 44.4 Å². The second kappa shape index (κ2) is 6.18. The lowest BCUT2D eigenvalue weighted by molar-refractivity contribution is -0.140. The van der Waals surface area contributed by atoms with Gasteiger partial charge >= 0.3 is 5.97 Å². The van der Waals surface area contributed by atoms with E-state index >= 15 is 0 Å². The molecule has 152 valence electrons. The quantitative estimate of drug-likeness (QED) is 0.735. The maximum Gasteiger partial charge on any atom is 0.305 e. The van der Waals surface area contributed by atoms with E-state index in [0.29, 0.717) is 12.0 Å². The lowest BCUT2D eigenvalue weighted by Crippen LogP contribution is -2.35. The Morgan fingerprint density at radius 3 is 2.83 bits per heavy atom. The molecule has 0 saturated carbocycles. The molecule has 0 bridgehead atoms. The number of carbonyl (C=O) groups excluding carboxylic acids is 1. The Bertz CT molecular complexity index is 1110. The number of fused-ring (bicyclic) bond motifs is 4. The minimum Gasteiger partial charge on any atom is -0.507 e. The monoisotopic (exact) mass is 397 g/mol. The number of phenolic OH excluding ortho intramolecular Hbond substituents is 1. The van der Waals surface area contributed by atoms with Crippen molar-refractivity contribution in [1.82, 2.24) is 4.57 Å². The number of ketones is 1. The summed E-state index contributed by atoms with van der Waals surface area (Å²) in [6.07, 6.45) is 0.0818. The molecule has 3 N–H and O–H groups in total. The molecule has 0 spiro atoms. The van der Waals surface area contributed by atoms with Gasteiger partial charge in [0.15, 0.2) is 5.78 Å². The zero-order valence-corrected chi connectivity index (χ0v) is 16.3. The van der Waals surface area contributed by atoms with Gasteiger partial charge < -0.3 is 24.6 Å². The zero-order valence-electron chi connectivity index (χ0n) is 16.3. The number of aliphatic hydroxyl groups excluding tert-OH is 1. The number of hydrogen-bond donors (Lipinski definition) is 3. The second-order valence-electron chi connectivity index (χ2n) is 8.32. The number of aliphatic hydroxyl groups is 1. The van der Waals surface area contributed by atoms with Gasteiger partial charge in [-0.15, -0.1) is 0 Å². The molecule has 0 amide bonds. The fourth-order valence-electron chi connectivity index (χ4n) is 5.46. The Morgan fingerprint density at radius 2 is 2.14 bits per heavy atom. The van der Waals surface area contributed by atoms with Gasteiger partial charge in [0.25, 0.3) is 0 Å². The molecule has 2 aromatic rings. The van der Waals surface area contributed by atoms with Crippen LogP contribution in [-0.2, 0) is 16.0 Å². The minimum atomic E-state index is -0.946. The molecule has 29 heavy (non-hydrogen) atoms. The number of aryl methyl sites for hydroxylation is 1. The number of Topliss-reactive ketones (excluding diaryl/α,β-unsaturated/α-hetero) is 1. The Labute approximate surface area is 167 Å². The first kappa shape index (κ1) is 18.4. The van der Waals surface area contributed by atoms with Gasteiger partial charge in [-0.25, -0.2) is 0 Å². The van der Waals surface area contributed by atoms with E-state index in [9.17, 15) is 24.9 Å². The SMILES string of the molecule is C[C@@H]1O[C@@H](CC(=O)O)CC2=C1C(=O)c1c(O)ccc3c4n(c2c13)[C@@H]([C@H](C)O)CC4. The summed E-state index contributed by atoms with van der Waals surface area (Å²) in [5.74, 6) is -1.26. The lowest BCUT2D eigenvalue weighted by atomic mass is 9.80. The largest absolute Gasteiger partial charge is 0.507 e. The summed E-state index contributed by atoms with van der Waals surface area (Å²) in [7, 11) is 0. The summed E-state index contributed by atoms with van der Waals surface area (Å²) >= 11 is 0. The molecular formula is C22H23NO6. The van der Waals surface area contributed by atoms with Crippen molar-refractivity contribution in [3.8, 4) is 5.75 Å². The van der Waals surface area contributed by atoms with Crippen molar-refractivity contribution in [1.29, 1.82) is 0 Å². The van der Waals surface area contributed by atoms with Crippen LogP contribution in [0, 0.1) is 0 Å². The zero-order chi connectivity index (χ0) is 20.6. The van der Waals surface area contributed by atoms with Crippen molar-refractivity contribution in [2.24, 2.45) is 0 Å². The average molecular weight is 397 g/mol. The molecule has 0 fully saturated rings. The highest BCUT2D eigenvalue weighted by molar-refractivity contribution is 6.27. The molecule has 5 rings (SSSR count). The Kier molecular flexibility index (Phi) is 3.92. The maximum atomic E-state index is 13.4. The van der Waals surface area contributed by atoms with Crippen molar-refractivity contribution in [3.63, 3.8) is 0 Å². The number of phenols is 1. The van der Waals surface area contributed by atoms with Crippen molar-refractivity contribution in [2.75, 3.05) is 0 Å². The molecule has 0 unspecified atom stereocenters. The van der Waals surface area contributed by atoms with Crippen LogP contribution in [0.3, 0.4) is 0 Å². The Hall–Kier alpha value is -2.64. The summed E-state index contributed by atoms with van der Waals surface area (Å²) in [4.78, 5) is 24.6. The number of carboxylic acid groups (broad SMARTS) is 1. The molecule has 3 heterocycles. The molecule has 7 nitrogen and oxygen atoms in total. The lowest BCUT2D eigenvalue weighted by Gasteiger charge is -2.35. The van der Waals surface area contributed by atoms with Gasteiger partial charge in [0.05, 0.1) is 42.0 Å². The molecule has 0 radical (unpaired) electrons. The summed E-state index contributed by atoms with van der Waals surface area (Å²) in [5, 5.41) is 31.8. The number of aromatic hydroxyl groups is 1. The number of aliphatic carboxylic acids is 1. The number of carboxylic acids is 1. The van der Waals surface area contributed by atoms with E-state index in [-0.39, 0.29) is 29.6 Å². The van der Waals surface area contributed by atoms with E-state index in [4.69, 9.17) is 4.74 Å². The first-order chi connectivity index (χ1) is 13.8. The Balaban J connectivity index is 1.82. The average Bonchev–Trinajstić information content (AvgIpc) is 3.18. The van der Waals surface area contributed by atoms with Crippen molar-refractivity contribution in [2.45, 2.75) is 63.9 Å². The van der Waals surface area contributed by atoms with E-state index in [1.807, 2.05) is 6.07 Å². The standard InChI is InChI=1S/C22H23NO6/c1-9(24)14-4-5-15-12-3-6-16(25)20-19(12)21(23(14)15)13-7-11(8-17(26)27)29-10(2)18(13)22(20)28/h3,6,9-11,14,24-25H,4-5,7-8H2,1-2H3,(H,26,27)/t9-,10-,11+,14+/m0/s1. The topological polar surface area (TPSA) is 109 Å². The van der Waals surface area contributed by atoms with E-state index in [2.05, 4.69) is 4.57 Å². The molecule has 7 heteroatoms. The summed E-state index contributed by atoms with van der Waals surface area (Å²) in [6.45, 7) is 3.52. The van der Waals surface area contributed by atoms with Crippen molar-refractivity contribution in [3.05, 3.63) is 34.7 Å². The number of nitrogens with zero attached hydrogens (tertiary/aromatic N) is 1. The van der Waals surface area contributed by atoms with Gasteiger partial charge in [-0.3, -0.25) is 9.59 Å². The summed E-state index contributed by atoms with van der Waals surface area (Å²) in [6, 6.07) is 3.27. The van der Waals surface area contributed by atoms with Gasteiger partial charge in [0, 0.05) is 28.5 Å². The van der Waals surface area contributed by atoms with Crippen LogP contribution in [0.4, 0.5) is 0 Å². The van der Waals surface area contributed by atoms with E-state index in [0.717, 1.165) is 40.6 Å². The molecule has 2 aliphatic heterocycles. The van der Waals surface area contributed by atoms with Crippen LogP contribution in [-0.4, -0.2) is 50.0 Å². The van der Waals surface area contributed by atoms with Crippen LogP contribution in [0.15, 0.2) is 17.7 Å². The van der Waals surface area contributed by atoms with Crippen LogP contribution in [0.5, 0.6) is 5.75 Å². The predicted octanol–water partition coefficient (Wildman–Crippen LogP) is 2.82. The van der Waals surface area contributed by atoms with Crippen LogP contribution in [0.25, 0.3) is 16.3 Å². The van der Waals surface area contributed by atoms with Gasteiger partial charge in [0.2, 0.25) is 0 Å². The van der Waals surface area contributed by atoms with E-state index < -0.39 is 24.3 Å². The maximum absolute atomic E-state index is 13.4. The summed E-state index contributed by atoms with van der Waals surface area (Å²) in [5.41, 5.74) is 3.46. The van der Waals surface area contributed by atoms with Crippen LogP contribution in [0.2, 0.25) is 0 Å². The van der Waals surface area contributed by atoms with Crippen LogP contribution < -0.4 is 0 Å². The van der Waals surface area contributed by atoms with Crippen molar-refractivity contribution >= 4 is 28.1 Å². The first-order valence-corrected chi connectivity index (χ1v) is 10.0. The fraction of sp³-hybridized carbons (Fsp3) is 0.455. The third-order valence-electron chi connectivity index (χ3n) is 6.55. The van der Waals surface area contributed by atoms with Gasteiger partial charge in [-0.1, -0.05) is 0 Å². The van der Waals surface area contributed by atoms with Gasteiger partial charge in [-0.2, -0.15) is 0 Å². The molecular weight excluding hydrogens is 374 g/mol. The third-order valence-corrected chi connectivity index (χ3v) is 6.55. The molecule has 3 aliphatic rings. The fourth-order valence-corrected chi connectivity index (χ4v) is 5.46. The number of ether oxygens (including phenoxy) is 1. The predicted molar refractivity (Wildman–Crippen MR) is 105 cm³/mol. The smallest absolute Gasteiger partial charge is 0.305 e. The first-order valence-electron chi connectivity index (χ1n) is 10.0. The van der Waals surface area contributed by atoms with Crippen LogP contribution >= 0.6 is 0 Å². The molecule has 0 saturated heterocycles. The molecule has 4 atom stereocenters. The van der Waals surface area contributed by atoms with E-state index in [1.54, 1.807) is 19.9 Å².